The molecule has 6 nitrogen and oxygen atoms in total. The van der Waals surface area contributed by atoms with E-state index in [1.54, 1.807) is 0 Å². The van der Waals surface area contributed by atoms with E-state index in [9.17, 15) is 14.4 Å². The monoisotopic (exact) mass is 937 g/mol. The third-order valence-electron chi connectivity index (χ3n) is 12.5. The minimum absolute atomic E-state index is 0.0820. The van der Waals surface area contributed by atoms with Crippen molar-refractivity contribution in [2.45, 2.75) is 297 Å². The Morgan fingerprint density at radius 3 is 0.940 bits per heavy atom. The van der Waals surface area contributed by atoms with Gasteiger partial charge in [-0.3, -0.25) is 14.4 Å². The second-order valence-corrected chi connectivity index (χ2v) is 19.2. The maximum Gasteiger partial charge on any atom is 0.306 e. The third-order valence-corrected chi connectivity index (χ3v) is 12.5. The van der Waals surface area contributed by atoms with Gasteiger partial charge in [0.2, 0.25) is 0 Å². The summed E-state index contributed by atoms with van der Waals surface area (Å²) in [6, 6.07) is 0. The molecule has 388 valence electrons. The lowest BCUT2D eigenvalue weighted by atomic mass is 10.0. The van der Waals surface area contributed by atoms with Gasteiger partial charge in [-0.2, -0.15) is 0 Å². The number of hydrogen-bond acceptors (Lipinski definition) is 6. The van der Waals surface area contributed by atoms with E-state index in [1.165, 1.54) is 154 Å². The minimum atomic E-state index is -0.784. The van der Waals surface area contributed by atoms with Crippen LogP contribution in [-0.2, 0) is 28.6 Å². The molecule has 0 unspecified atom stereocenters. The number of carbonyl (C=O) groups is 3. The first-order valence-corrected chi connectivity index (χ1v) is 28.8. The molecule has 0 aromatic rings. The van der Waals surface area contributed by atoms with Gasteiger partial charge in [-0.1, -0.05) is 248 Å². The predicted octanol–water partition coefficient (Wildman–Crippen LogP) is 19.2. The average molecular weight is 938 g/mol. The van der Waals surface area contributed by atoms with Crippen LogP contribution >= 0.6 is 0 Å². The van der Waals surface area contributed by atoms with Gasteiger partial charge in [-0.05, 0) is 83.5 Å². The van der Waals surface area contributed by atoms with Crippen molar-refractivity contribution in [2.75, 3.05) is 13.2 Å². The first-order chi connectivity index (χ1) is 33.0. The molecule has 0 aromatic carbocycles. The second-order valence-electron chi connectivity index (χ2n) is 19.2. The molecule has 0 rings (SSSR count). The molecule has 0 radical (unpaired) electrons. The maximum atomic E-state index is 12.9. The summed E-state index contributed by atoms with van der Waals surface area (Å²) in [5.41, 5.74) is 0. The third kappa shape index (κ3) is 53.9. The van der Waals surface area contributed by atoms with Crippen LogP contribution in [-0.4, -0.2) is 37.2 Å². The molecule has 0 heterocycles. The standard InChI is InChI=1S/C61H108O6/c1-4-7-10-13-16-19-22-25-28-30-33-36-39-42-45-48-51-54-60(63)66-57-58(56-65-59(62)53-50-47-44-41-38-35-32-27-24-21-18-15-12-9-6-3)67-61(64)55-52-49-46-43-40-37-34-31-29-26-23-20-17-14-11-8-5-2/h7,10,16,19,21,24-25,28,33,36,58H,4-6,8-9,11-15,17-18,20,22-23,26-27,29-32,34-35,37-57H2,1-3H3/b10-7-,19-16-,24-21-,28-25-,36-33-/t58-/m0/s1. The summed E-state index contributed by atoms with van der Waals surface area (Å²) < 4.78 is 16.9. The number of rotatable bonds is 52. The lowest BCUT2D eigenvalue weighted by Crippen LogP contribution is -2.30. The van der Waals surface area contributed by atoms with Crippen LogP contribution in [0.4, 0.5) is 0 Å². The molecule has 0 aliphatic carbocycles. The number of ether oxygens (including phenoxy) is 3. The van der Waals surface area contributed by atoms with Gasteiger partial charge in [0.25, 0.3) is 0 Å². The van der Waals surface area contributed by atoms with Gasteiger partial charge in [0.05, 0.1) is 0 Å². The van der Waals surface area contributed by atoms with E-state index in [1.807, 2.05) is 0 Å². The van der Waals surface area contributed by atoms with E-state index >= 15 is 0 Å². The number of hydrogen-bond donors (Lipinski definition) is 0. The van der Waals surface area contributed by atoms with E-state index in [2.05, 4.69) is 81.5 Å². The summed E-state index contributed by atoms with van der Waals surface area (Å²) >= 11 is 0. The first-order valence-electron chi connectivity index (χ1n) is 28.8. The summed E-state index contributed by atoms with van der Waals surface area (Å²) in [5, 5.41) is 0. The number of unbranched alkanes of at least 4 members (excludes halogenated alkanes) is 31. The average Bonchev–Trinajstić information content (AvgIpc) is 3.33. The number of allylic oxidation sites excluding steroid dienone is 10. The normalized spacial score (nSPS) is 12.5. The highest BCUT2D eigenvalue weighted by Crippen LogP contribution is 2.16. The van der Waals surface area contributed by atoms with E-state index in [-0.39, 0.29) is 31.1 Å². The van der Waals surface area contributed by atoms with Gasteiger partial charge < -0.3 is 14.2 Å². The summed E-state index contributed by atoms with van der Waals surface area (Å²) in [4.78, 5) is 38.2. The Labute approximate surface area is 415 Å². The van der Waals surface area contributed by atoms with Crippen LogP contribution in [0.5, 0.6) is 0 Å². The summed E-state index contributed by atoms with van der Waals surface area (Å²) in [6.45, 7) is 6.52. The Hall–Kier alpha value is -2.89. The fraction of sp³-hybridized carbons (Fsp3) is 0.787. The van der Waals surface area contributed by atoms with Crippen molar-refractivity contribution in [3.8, 4) is 0 Å². The maximum absolute atomic E-state index is 12.9. The highest BCUT2D eigenvalue weighted by atomic mass is 16.6. The molecule has 67 heavy (non-hydrogen) atoms. The largest absolute Gasteiger partial charge is 0.462 e. The molecule has 0 aliphatic rings. The quantitative estimate of drug-likeness (QED) is 0.0262. The van der Waals surface area contributed by atoms with Crippen LogP contribution in [0, 0.1) is 0 Å². The van der Waals surface area contributed by atoms with Crippen molar-refractivity contribution in [1.82, 2.24) is 0 Å². The lowest BCUT2D eigenvalue weighted by Gasteiger charge is -2.18. The van der Waals surface area contributed by atoms with Crippen LogP contribution in [0.2, 0.25) is 0 Å². The van der Waals surface area contributed by atoms with Gasteiger partial charge >= 0.3 is 17.9 Å². The Balaban J connectivity index is 4.40. The minimum Gasteiger partial charge on any atom is -0.462 e. The van der Waals surface area contributed by atoms with Gasteiger partial charge in [-0.25, -0.2) is 0 Å². The van der Waals surface area contributed by atoms with Gasteiger partial charge in [0.1, 0.15) is 13.2 Å². The SMILES string of the molecule is CC/C=C\C/C=C\C/C=C\C/C=C\CCCCCCC(=O)OC[C@H](COC(=O)CCCCCCCCC/C=C\CCCCCC)OC(=O)CCCCCCCCCCCCCCCCCCC. The lowest BCUT2D eigenvalue weighted by molar-refractivity contribution is -0.167. The van der Waals surface area contributed by atoms with E-state index < -0.39 is 6.10 Å². The summed E-state index contributed by atoms with van der Waals surface area (Å²) in [5.74, 6) is -0.897. The van der Waals surface area contributed by atoms with Crippen molar-refractivity contribution in [3.63, 3.8) is 0 Å². The molecular formula is C61H108O6. The second kappa shape index (κ2) is 55.7. The van der Waals surface area contributed by atoms with Gasteiger partial charge in [0.15, 0.2) is 6.10 Å². The Kier molecular flexibility index (Phi) is 53.3. The van der Waals surface area contributed by atoms with Crippen molar-refractivity contribution in [2.24, 2.45) is 0 Å². The number of carbonyl (C=O) groups excluding carboxylic acids is 3. The van der Waals surface area contributed by atoms with Crippen LogP contribution in [0.15, 0.2) is 60.8 Å². The van der Waals surface area contributed by atoms with E-state index in [0.717, 1.165) is 96.3 Å². The summed E-state index contributed by atoms with van der Waals surface area (Å²) in [7, 11) is 0. The first kappa shape index (κ1) is 64.1. The molecule has 1 atom stereocenters. The molecular weight excluding hydrogens is 829 g/mol. The molecule has 6 heteroatoms. The topological polar surface area (TPSA) is 78.9 Å². The molecule has 0 fully saturated rings. The highest BCUT2D eigenvalue weighted by molar-refractivity contribution is 5.71. The Morgan fingerprint density at radius 2 is 0.582 bits per heavy atom. The summed E-state index contributed by atoms with van der Waals surface area (Å²) in [6.07, 6.45) is 69.2. The van der Waals surface area contributed by atoms with E-state index in [4.69, 9.17) is 14.2 Å². The zero-order chi connectivity index (χ0) is 48.6. The number of esters is 3. The van der Waals surface area contributed by atoms with Crippen molar-refractivity contribution in [1.29, 1.82) is 0 Å². The zero-order valence-electron chi connectivity index (χ0n) is 44.4. The molecule has 0 bridgehead atoms. The van der Waals surface area contributed by atoms with Crippen LogP contribution in [0.25, 0.3) is 0 Å². The fourth-order valence-electron chi connectivity index (χ4n) is 8.19. The highest BCUT2D eigenvalue weighted by Gasteiger charge is 2.19. The molecule has 0 spiro atoms. The van der Waals surface area contributed by atoms with Crippen molar-refractivity contribution < 1.29 is 28.6 Å². The van der Waals surface area contributed by atoms with Crippen LogP contribution < -0.4 is 0 Å². The Morgan fingerprint density at radius 1 is 0.313 bits per heavy atom. The predicted molar refractivity (Wildman–Crippen MR) is 288 cm³/mol. The zero-order valence-corrected chi connectivity index (χ0v) is 44.4. The Bertz CT molecular complexity index is 1210. The molecule has 0 saturated carbocycles. The van der Waals surface area contributed by atoms with Crippen molar-refractivity contribution >= 4 is 17.9 Å². The van der Waals surface area contributed by atoms with Crippen LogP contribution in [0.3, 0.4) is 0 Å². The molecule has 0 N–H and O–H groups in total. The van der Waals surface area contributed by atoms with E-state index in [0.29, 0.717) is 19.3 Å². The van der Waals surface area contributed by atoms with Gasteiger partial charge in [0, 0.05) is 19.3 Å². The van der Waals surface area contributed by atoms with Gasteiger partial charge in [-0.15, -0.1) is 0 Å². The molecule has 0 amide bonds. The molecule has 0 saturated heterocycles. The van der Waals surface area contributed by atoms with Crippen molar-refractivity contribution in [3.05, 3.63) is 60.8 Å². The van der Waals surface area contributed by atoms with Crippen LogP contribution in [0.1, 0.15) is 290 Å². The molecule has 0 aromatic heterocycles. The fourth-order valence-corrected chi connectivity index (χ4v) is 8.19. The smallest absolute Gasteiger partial charge is 0.306 e. The molecule has 0 aliphatic heterocycles.